The molecule has 4 nitrogen and oxygen atoms in total. The van der Waals surface area contributed by atoms with E-state index in [2.05, 4.69) is 13.8 Å². The minimum Gasteiger partial charge on any atom is -0.396 e. The zero-order chi connectivity index (χ0) is 13.1. The van der Waals surface area contributed by atoms with E-state index in [0.29, 0.717) is 18.9 Å². The maximum Gasteiger partial charge on any atom is 0.108 e. The molecule has 0 atom stereocenters. The number of aliphatic hydroxyl groups is 1. The summed E-state index contributed by atoms with van der Waals surface area (Å²) in [4.78, 5) is 10.4. The molecular formula is C13H28O4. The zero-order valence-corrected chi connectivity index (χ0v) is 11.7. The van der Waals surface area contributed by atoms with E-state index in [0.717, 1.165) is 25.7 Å². The predicted molar refractivity (Wildman–Crippen MR) is 67.2 cm³/mol. The molecule has 0 aliphatic carbocycles. The van der Waals surface area contributed by atoms with Gasteiger partial charge in [0.05, 0.1) is 6.61 Å². The fourth-order valence-electron chi connectivity index (χ4n) is 1.71. The van der Waals surface area contributed by atoms with Crippen molar-refractivity contribution in [1.29, 1.82) is 0 Å². The Hall–Kier alpha value is -0.160. The van der Waals surface area contributed by atoms with E-state index >= 15 is 0 Å². The largest absolute Gasteiger partial charge is 0.396 e. The van der Waals surface area contributed by atoms with Crippen LogP contribution in [0.4, 0.5) is 0 Å². The molecule has 0 aliphatic heterocycles. The Morgan fingerprint density at radius 2 is 1.65 bits per heavy atom. The topological polar surface area (TPSA) is 47.9 Å². The first-order valence-corrected chi connectivity index (χ1v) is 6.76. The van der Waals surface area contributed by atoms with Crippen molar-refractivity contribution in [2.75, 3.05) is 13.2 Å². The van der Waals surface area contributed by atoms with Crippen LogP contribution in [-0.4, -0.2) is 23.9 Å². The molecule has 0 radical (unpaired) electrons. The molecule has 0 heterocycles. The Morgan fingerprint density at radius 3 is 2.06 bits per heavy atom. The van der Waals surface area contributed by atoms with Crippen molar-refractivity contribution < 1.29 is 19.9 Å². The van der Waals surface area contributed by atoms with Crippen LogP contribution in [0.25, 0.3) is 0 Å². The number of hydrogen-bond acceptors (Lipinski definition) is 4. The summed E-state index contributed by atoms with van der Waals surface area (Å²) in [6.45, 7) is 8.94. The van der Waals surface area contributed by atoms with Crippen LogP contribution in [0.2, 0.25) is 0 Å². The Kier molecular flexibility index (Phi) is 9.74. The highest BCUT2D eigenvalue weighted by atomic mass is 17.5. The first kappa shape index (κ1) is 16.8. The molecular weight excluding hydrogens is 220 g/mol. The quantitative estimate of drug-likeness (QED) is 0.346. The standard InChI is InChI=1S/C13H28O4/c1-5-12(6-2)11-15-17-16-13(7-3,8-4)9-10-14/h12,14H,5-11H2,1-4H3. The molecule has 0 aromatic carbocycles. The van der Waals surface area contributed by atoms with E-state index in [1.807, 2.05) is 13.8 Å². The highest BCUT2D eigenvalue weighted by Crippen LogP contribution is 2.25. The molecule has 0 aromatic heterocycles. The molecule has 0 aromatic rings. The minimum atomic E-state index is -0.428. The third-order valence-electron chi connectivity index (χ3n) is 3.57. The average Bonchev–Trinajstić information content (AvgIpc) is 2.37. The fourth-order valence-corrected chi connectivity index (χ4v) is 1.71. The second-order valence-electron chi connectivity index (χ2n) is 4.48. The summed E-state index contributed by atoms with van der Waals surface area (Å²) in [5, 5.41) is 13.9. The van der Waals surface area contributed by atoms with Gasteiger partial charge >= 0.3 is 0 Å². The maximum absolute atomic E-state index is 9.01. The van der Waals surface area contributed by atoms with Crippen LogP contribution in [0.5, 0.6) is 0 Å². The van der Waals surface area contributed by atoms with Crippen molar-refractivity contribution in [2.24, 2.45) is 5.92 Å². The van der Waals surface area contributed by atoms with Gasteiger partial charge in [-0.1, -0.05) is 45.6 Å². The Morgan fingerprint density at radius 1 is 1.06 bits per heavy atom. The van der Waals surface area contributed by atoms with Gasteiger partial charge in [0.1, 0.15) is 5.60 Å². The Bertz CT molecular complexity index is 165. The molecule has 0 spiro atoms. The summed E-state index contributed by atoms with van der Waals surface area (Å²) in [5.41, 5.74) is -0.428. The smallest absolute Gasteiger partial charge is 0.108 e. The molecule has 0 saturated heterocycles. The maximum atomic E-state index is 9.01. The van der Waals surface area contributed by atoms with Gasteiger partial charge in [-0.05, 0) is 18.8 Å². The summed E-state index contributed by atoms with van der Waals surface area (Å²) in [6.07, 6.45) is 4.29. The average molecular weight is 248 g/mol. The molecule has 17 heavy (non-hydrogen) atoms. The molecule has 0 fully saturated rings. The van der Waals surface area contributed by atoms with Crippen LogP contribution in [0, 0.1) is 5.92 Å². The van der Waals surface area contributed by atoms with Crippen molar-refractivity contribution in [3.05, 3.63) is 0 Å². The fraction of sp³-hybridized carbons (Fsp3) is 1.00. The summed E-state index contributed by atoms with van der Waals surface area (Å²) in [5.74, 6) is 0.508. The summed E-state index contributed by atoms with van der Waals surface area (Å²) < 4.78 is 0. The summed E-state index contributed by atoms with van der Waals surface area (Å²) >= 11 is 0. The summed E-state index contributed by atoms with van der Waals surface area (Å²) in [6, 6.07) is 0. The minimum absolute atomic E-state index is 0.0948. The molecule has 0 amide bonds. The summed E-state index contributed by atoms with van der Waals surface area (Å²) in [7, 11) is 0. The van der Waals surface area contributed by atoms with Crippen molar-refractivity contribution in [3.63, 3.8) is 0 Å². The highest BCUT2D eigenvalue weighted by Gasteiger charge is 2.28. The molecule has 104 valence electrons. The van der Waals surface area contributed by atoms with Gasteiger partial charge in [0.15, 0.2) is 0 Å². The normalized spacial score (nSPS) is 12.4. The van der Waals surface area contributed by atoms with Crippen molar-refractivity contribution in [3.8, 4) is 0 Å². The van der Waals surface area contributed by atoms with Gasteiger partial charge in [-0.15, -0.1) is 0 Å². The second-order valence-corrected chi connectivity index (χ2v) is 4.48. The van der Waals surface area contributed by atoms with Crippen LogP contribution in [0.1, 0.15) is 59.8 Å². The van der Waals surface area contributed by atoms with Gasteiger partial charge in [-0.25, -0.2) is 4.89 Å². The molecule has 0 bridgehead atoms. The first-order chi connectivity index (χ1) is 8.17. The number of aliphatic hydroxyl groups excluding tert-OH is 1. The lowest BCUT2D eigenvalue weighted by molar-refractivity contribution is -0.547. The van der Waals surface area contributed by atoms with Crippen LogP contribution >= 0.6 is 0 Å². The van der Waals surface area contributed by atoms with E-state index < -0.39 is 5.60 Å². The molecule has 4 heteroatoms. The number of hydrogen-bond donors (Lipinski definition) is 1. The van der Waals surface area contributed by atoms with Gasteiger partial charge in [-0.2, -0.15) is 4.89 Å². The third-order valence-corrected chi connectivity index (χ3v) is 3.57. The first-order valence-electron chi connectivity index (χ1n) is 6.76. The van der Waals surface area contributed by atoms with E-state index in [-0.39, 0.29) is 6.61 Å². The lowest BCUT2D eigenvalue weighted by Crippen LogP contribution is -2.32. The Balaban J connectivity index is 3.89. The van der Waals surface area contributed by atoms with Crippen molar-refractivity contribution in [2.45, 2.75) is 65.4 Å². The van der Waals surface area contributed by atoms with Crippen molar-refractivity contribution >= 4 is 0 Å². The second kappa shape index (κ2) is 9.83. The lowest BCUT2D eigenvalue weighted by atomic mass is 9.94. The highest BCUT2D eigenvalue weighted by molar-refractivity contribution is 4.75. The third kappa shape index (κ3) is 6.36. The van der Waals surface area contributed by atoms with Crippen LogP contribution < -0.4 is 0 Å². The molecule has 0 saturated carbocycles. The predicted octanol–water partition coefficient (Wildman–Crippen LogP) is 3.24. The van der Waals surface area contributed by atoms with Gasteiger partial charge < -0.3 is 5.11 Å². The zero-order valence-electron chi connectivity index (χ0n) is 11.7. The van der Waals surface area contributed by atoms with Crippen molar-refractivity contribution in [1.82, 2.24) is 0 Å². The van der Waals surface area contributed by atoms with Crippen LogP contribution in [-0.2, 0) is 14.8 Å². The molecule has 0 aliphatic rings. The van der Waals surface area contributed by atoms with Gasteiger partial charge in [0.25, 0.3) is 0 Å². The van der Waals surface area contributed by atoms with Gasteiger partial charge in [0.2, 0.25) is 0 Å². The molecule has 1 N–H and O–H groups in total. The van der Waals surface area contributed by atoms with E-state index in [9.17, 15) is 0 Å². The Labute approximate surface area is 105 Å². The lowest BCUT2D eigenvalue weighted by Gasteiger charge is -2.28. The van der Waals surface area contributed by atoms with E-state index in [4.69, 9.17) is 19.9 Å². The molecule has 0 rings (SSSR count). The molecule has 0 unspecified atom stereocenters. The van der Waals surface area contributed by atoms with Crippen LogP contribution in [0.15, 0.2) is 0 Å². The SMILES string of the molecule is CCC(CC)COOOC(CC)(CC)CCO. The number of rotatable bonds is 11. The van der Waals surface area contributed by atoms with Gasteiger partial charge in [-0.3, -0.25) is 0 Å². The van der Waals surface area contributed by atoms with Crippen LogP contribution in [0.3, 0.4) is 0 Å². The van der Waals surface area contributed by atoms with E-state index in [1.54, 1.807) is 0 Å². The van der Waals surface area contributed by atoms with E-state index in [1.165, 1.54) is 0 Å². The van der Waals surface area contributed by atoms with Gasteiger partial charge in [0, 0.05) is 13.0 Å². The monoisotopic (exact) mass is 248 g/mol.